The van der Waals surface area contributed by atoms with Crippen LogP contribution in [0.1, 0.15) is 46.0 Å². The van der Waals surface area contributed by atoms with E-state index in [1.807, 2.05) is 0 Å². The first-order valence-electron chi connectivity index (χ1n) is 7.99. The molecule has 106 valence electrons. The van der Waals surface area contributed by atoms with Gasteiger partial charge in [-0.1, -0.05) is 26.7 Å². The van der Waals surface area contributed by atoms with Crippen molar-refractivity contribution in [1.82, 2.24) is 10.2 Å². The second-order valence-electron chi connectivity index (χ2n) is 6.94. The molecular weight excluding hydrogens is 220 g/mol. The van der Waals surface area contributed by atoms with Gasteiger partial charge in [-0.15, -0.1) is 0 Å². The molecule has 5 atom stereocenters. The summed E-state index contributed by atoms with van der Waals surface area (Å²) >= 11 is 0. The van der Waals surface area contributed by atoms with Gasteiger partial charge < -0.3 is 10.2 Å². The molecule has 0 aliphatic heterocycles. The molecule has 2 heteroatoms. The van der Waals surface area contributed by atoms with Crippen LogP contribution in [0.3, 0.4) is 0 Å². The zero-order valence-corrected chi connectivity index (χ0v) is 12.8. The smallest absolute Gasteiger partial charge is 0.0217 e. The summed E-state index contributed by atoms with van der Waals surface area (Å²) in [4.78, 5) is 2.58. The van der Waals surface area contributed by atoms with Gasteiger partial charge in [-0.05, 0) is 57.0 Å². The van der Waals surface area contributed by atoms with Crippen LogP contribution in [0.2, 0.25) is 0 Å². The summed E-state index contributed by atoms with van der Waals surface area (Å²) in [6, 6.07) is 0.651. The molecule has 2 fully saturated rings. The first-order chi connectivity index (χ1) is 8.63. The molecule has 2 rings (SSSR count). The van der Waals surface area contributed by atoms with Gasteiger partial charge in [-0.2, -0.15) is 0 Å². The maximum Gasteiger partial charge on any atom is 0.0217 e. The van der Waals surface area contributed by atoms with Crippen molar-refractivity contribution >= 4 is 0 Å². The number of fused-ring (bicyclic) bond motifs is 2. The van der Waals surface area contributed by atoms with Gasteiger partial charge in [0.25, 0.3) is 0 Å². The largest absolute Gasteiger partial charge is 0.315 e. The van der Waals surface area contributed by atoms with E-state index in [1.54, 1.807) is 6.42 Å². The molecule has 2 aliphatic rings. The normalized spacial score (nSPS) is 34.2. The third-order valence-electron chi connectivity index (χ3n) is 5.64. The molecule has 0 spiro atoms. The van der Waals surface area contributed by atoms with Crippen molar-refractivity contribution in [2.45, 2.75) is 52.0 Å². The molecule has 2 aliphatic carbocycles. The van der Waals surface area contributed by atoms with E-state index in [0.717, 1.165) is 23.7 Å². The van der Waals surface area contributed by atoms with Crippen molar-refractivity contribution in [2.75, 3.05) is 27.2 Å². The molecule has 2 saturated carbocycles. The zero-order valence-electron chi connectivity index (χ0n) is 12.8. The van der Waals surface area contributed by atoms with Gasteiger partial charge in [-0.3, -0.25) is 0 Å². The van der Waals surface area contributed by atoms with Crippen molar-refractivity contribution in [3.8, 4) is 0 Å². The molecule has 5 unspecified atom stereocenters. The fourth-order valence-electron chi connectivity index (χ4n) is 4.25. The maximum absolute atomic E-state index is 3.50. The van der Waals surface area contributed by atoms with Gasteiger partial charge in [0.05, 0.1) is 0 Å². The molecule has 0 heterocycles. The Bertz CT molecular complexity index is 249. The molecule has 2 bridgehead atoms. The molecule has 18 heavy (non-hydrogen) atoms. The van der Waals surface area contributed by atoms with E-state index in [4.69, 9.17) is 0 Å². The number of nitrogens with zero attached hydrogens (tertiary/aromatic N) is 1. The second-order valence-corrected chi connectivity index (χ2v) is 6.94. The lowest BCUT2D eigenvalue weighted by Crippen LogP contribution is -2.43. The summed E-state index contributed by atoms with van der Waals surface area (Å²) in [5, 5.41) is 3.50. The number of nitrogens with one attached hydrogen (secondary N) is 1. The van der Waals surface area contributed by atoms with E-state index in [-0.39, 0.29) is 0 Å². The lowest BCUT2D eigenvalue weighted by Gasteiger charge is -2.31. The van der Waals surface area contributed by atoms with Crippen LogP contribution >= 0.6 is 0 Å². The Morgan fingerprint density at radius 3 is 2.56 bits per heavy atom. The number of hydrogen-bond acceptors (Lipinski definition) is 2. The average Bonchev–Trinajstić information content (AvgIpc) is 2.97. The van der Waals surface area contributed by atoms with Crippen molar-refractivity contribution in [1.29, 1.82) is 0 Å². The van der Waals surface area contributed by atoms with E-state index in [1.165, 1.54) is 38.8 Å². The van der Waals surface area contributed by atoms with Gasteiger partial charge >= 0.3 is 0 Å². The molecule has 0 radical (unpaired) electrons. The molecular formula is C16H32N2. The minimum atomic E-state index is 0.651. The van der Waals surface area contributed by atoms with Crippen LogP contribution in [0.25, 0.3) is 0 Å². The number of rotatable bonds is 7. The predicted octanol–water partition coefficient (Wildman–Crippen LogP) is 2.99. The molecule has 0 aromatic heterocycles. The van der Waals surface area contributed by atoms with E-state index in [2.05, 4.69) is 38.2 Å². The Morgan fingerprint density at radius 1 is 1.28 bits per heavy atom. The van der Waals surface area contributed by atoms with Crippen LogP contribution in [0.15, 0.2) is 0 Å². The van der Waals surface area contributed by atoms with E-state index >= 15 is 0 Å². The predicted molar refractivity (Wildman–Crippen MR) is 78.7 cm³/mol. The number of likely N-dealkylation sites (N-methyl/N-ethyl adjacent to an activating group) is 2. The fourth-order valence-corrected chi connectivity index (χ4v) is 4.25. The minimum Gasteiger partial charge on any atom is -0.315 e. The van der Waals surface area contributed by atoms with Crippen molar-refractivity contribution in [2.24, 2.45) is 23.7 Å². The third kappa shape index (κ3) is 3.27. The summed E-state index contributed by atoms with van der Waals surface area (Å²) in [6.45, 7) is 7.20. The Morgan fingerprint density at radius 2 is 2.06 bits per heavy atom. The van der Waals surface area contributed by atoms with Crippen LogP contribution < -0.4 is 5.32 Å². The van der Waals surface area contributed by atoms with Crippen molar-refractivity contribution in [3.05, 3.63) is 0 Å². The summed E-state index contributed by atoms with van der Waals surface area (Å²) in [5.74, 6) is 3.93. The monoisotopic (exact) mass is 252 g/mol. The van der Waals surface area contributed by atoms with Gasteiger partial charge in [0.2, 0.25) is 0 Å². The van der Waals surface area contributed by atoms with Gasteiger partial charge in [0, 0.05) is 19.1 Å². The SMILES string of the molecule is CCC(C)C(CN(C)CC1CC2CCC1C2)NC. The molecule has 0 saturated heterocycles. The third-order valence-corrected chi connectivity index (χ3v) is 5.64. The molecule has 2 nitrogen and oxygen atoms in total. The Balaban J connectivity index is 1.75. The Hall–Kier alpha value is -0.0800. The summed E-state index contributed by atoms with van der Waals surface area (Å²) < 4.78 is 0. The standard InChI is InChI=1S/C16H32N2/c1-5-12(2)16(17-3)11-18(4)10-15-9-13-6-7-14(15)8-13/h12-17H,5-11H2,1-4H3. The molecule has 0 aromatic carbocycles. The van der Waals surface area contributed by atoms with Crippen LogP contribution in [0.5, 0.6) is 0 Å². The Labute approximate surface area is 114 Å². The highest BCUT2D eigenvalue weighted by atomic mass is 15.1. The molecule has 0 amide bonds. The maximum atomic E-state index is 3.50. The molecule has 1 N–H and O–H groups in total. The average molecular weight is 252 g/mol. The van der Waals surface area contributed by atoms with E-state index < -0.39 is 0 Å². The fraction of sp³-hybridized carbons (Fsp3) is 1.00. The topological polar surface area (TPSA) is 15.3 Å². The van der Waals surface area contributed by atoms with Crippen molar-refractivity contribution < 1.29 is 0 Å². The van der Waals surface area contributed by atoms with Crippen LogP contribution in [0.4, 0.5) is 0 Å². The zero-order chi connectivity index (χ0) is 13.1. The lowest BCUT2D eigenvalue weighted by atomic mass is 9.88. The van der Waals surface area contributed by atoms with Crippen LogP contribution in [-0.4, -0.2) is 38.1 Å². The highest BCUT2D eigenvalue weighted by Gasteiger charge is 2.39. The Kier molecular flexibility index (Phi) is 5.08. The van der Waals surface area contributed by atoms with Crippen molar-refractivity contribution in [3.63, 3.8) is 0 Å². The van der Waals surface area contributed by atoms with E-state index in [0.29, 0.717) is 6.04 Å². The summed E-state index contributed by atoms with van der Waals surface area (Å²) in [6.07, 6.45) is 7.37. The number of hydrogen-bond donors (Lipinski definition) is 1. The van der Waals surface area contributed by atoms with E-state index in [9.17, 15) is 0 Å². The highest BCUT2D eigenvalue weighted by molar-refractivity contribution is 4.91. The van der Waals surface area contributed by atoms with Gasteiger partial charge in [0.15, 0.2) is 0 Å². The first kappa shape index (κ1) is 14.3. The van der Waals surface area contributed by atoms with Crippen LogP contribution in [-0.2, 0) is 0 Å². The second kappa shape index (κ2) is 6.38. The van der Waals surface area contributed by atoms with Crippen LogP contribution in [0, 0.1) is 23.7 Å². The van der Waals surface area contributed by atoms with Gasteiger partial charge in [0.1, 0.15) is 0 Å². The van der Waals surface area contributed by atoms with Gasteiger partial charge in [-0.25, -0.2) is 0 Å². The minimum absolute atomic E-state index is 0.651. The quantitative estimate of drug-likeness (QED) is 0.749. The highest BCUT2D eigenvalue weighted by Crippen LogP contribution is 2.48. The summed E-state index contributed by atoms with van der Waals surface area (Å²) in [5.41, 5.74) is 0. The first-order valence-corrected chi connectivity index (χ1v) is 7.99. The summed E-state index contributed by atoms with van der Waals surface area (Å²) in [7, 11) is 4.43. The molecule has 0 aromatic rings. The lowest BCUT2D eigenvalue weighted by molar-refractivity contribution is 0.190.